The smallest absolute Gasteiger partial charge is 0.269 e. The van der Waals surface area contributed by atoms with Gasteiger partial charge in [-0.05, 0) is 12.1 Å². The van der Waals surface area contributed by atoms with Crippen molar-refractivity contribution in [3.63, 3.8) is 0 Å². The van der Waals surface area contributed by atoms with E-state index in [1.165, 1.54) is 0 Å². The molecule has 1 atom stereocenters. The normalized spacial score (nSPS) is 17.1. The molecule has 0 spiro atoms. The largest absolute Gasteiger partial charge is 0.497 e. The van der Waals surface area contributed by atoms with Gasteiger partial charge in [0.1, 0.15) is 17.2 Å². The van der Waals surface area contributed by atoms with E-state index in [4.69, 9.17) is 15.2 Å². The third-order valence-electron chi connectivity index (χ3n) is 3.03. The highest BCUT2D eigenvalue weighted by atomic mass is 16.5. The molecule has 1 aromatic carbocycles. The van der Waals surface area contributed by atoms with E-state index in [9.17, 15) is 4.79 Å². The van der Waals surface area contributed by atoms with Gasteiger partial charge in [-0.25, -0.2) is 0 Å². The van der Waals surface area contributed by atoms with Crippen LogP contribution in [0, 0.1) is 0 Å². The molecule has 0 saturated carbocycles. The lowest BCUT2D eigenvalue weighted by Crippen LogP contribution is -2.41. The molecular weight excluding hydrogens is 260 g/mol. The monoisotopic (exact) mass is 278 g/mol. The van der Waals surface area contributed by atoms with Crippen LogP contribution in [0.2, 0.25) is 0 Å². The summed E-state index contributed by atoms with van der Waals surface area (Å²) in [5.41, 5.74) is 9.61. The van der Waals surface area contributed by atoms with Gasteiger partial charge in [0.25, 0.3) is 5.91 Å². The molecule has 1 unspecified atom stereocenters. The number of ether oxygens (including phenoxy) is 2. The fourth-order valence-corrected chi connectivity index (χ4v) is 1.89. The summed E-state index contributed by atoms with van der Waals surface area (Å²) in [6.45, 7) is 0.812. The van der Waals surface area contributed by atoms with Gasteiger partial charge in [-0.1, -0.05) is 0 Å². The van der Waals surface area contributed by atoms with Crippen molar-refractivity contribution in [1.29, 1.82) is 0 Å². The highest BCUT2D eigenvalue weighted by molar-refractivity contribution is 6.41. The maximum atomic E-state index is 11.9. The number of methoxy groups -OCH3 is 2. The van der Waals surface area contributed by atoms with E-state index in [1.807, 2.05) is 12.1 Å². The van der Waals surface area contributed by atoms with Crippen molar-refractivity contribution in [3.05, 3.63) is 23.8 Å². The molecule has 0 aliphatic carbocycles. The van der Waals surface area contributed by atoms with Crippen LogP contribution in [0.4, 0.5) is 0 Å². The van der Waals surface area contributed by atoms with Gasteiger partial charge in [0.2, 0.25) is 0 Å². The van der Waals surface area contributed by atoms with E-state index in [0.29, 0.717) is 30.3 Å². The van der Waals surface area contributed by atoms with E-state index in [1.54, 1.807) is 20.3 Å². The molecule has 108 valence electrons. The third kappa shape index (κ3) is 3.00. The first-order chi connectivity index (χ1) is 9.65. The van der Waals surface area contributed by atoms with Crippen LogP contribution in [0.15, 0.2) is 23.3 Å². The Bertz CT molecular complexity index is 530. The number of carbonyl (C=O) groups is 1. The summed E-state index contributed by atoms with van der Waals surface area (Å²) in [7, 11) is 3.16. The van der Waals surface area contributed by atoms with Crippen LogP contribution < -0.4 is 25.9 Å². The van der Waals surface area contributed by atoms with Crippen molar-refractivity contribution in [2.75, 3.05) is 20.8 Å². The molecule has 0 radical (unpaired) electrons. The van der Waals surface area contributed by atoms with Gasteiger partial charge >= 0.3 is 0 Å². The van der Waals surface area contributed by atoms with Crippen molar-refractivity contribution in [2.24, 2.45) is 10.8 Å². The van der Waals surface area contributed by atoms with Crippen molar-refractivity contribution >= 4 is 11.6 Å². The maximum absolute atomic E-state index is 11.9. The average molecular weight is 278 g/mol. The average Bonchev–Trinajstić information content (AvgIpc) is 2.90. The van der Waals surface area contributed by atoms with Crippen molar-refractivity contribution in [2.45, 2.75) is 12.6 Å². The molecule has 7 nitrogen and oxygen atoms in total. The summed E-state index contributed by atoms with van der Waals surface area (Å²) in [6.07, 6.45) is 0. The Morgan fingerprint density at radius 3 is 2.90 bits per heavy atom. The second-order valence-electron chi connectivity index (χ2n) is 4.33. The number of nitrogens with one attached hydrogen (secondary N) is 2. The second kappa shape index (κ2) is 6.25. The standard InChI is InChI=1S/C13H18N4O3/c1-19-9-4-3-8(11(5-9)20-2)6-15-13(18)12-10(14)7-16-17-12/h3-5,10,16H,6-7,14H2,1-2H3,(H,15,18). The van der Waals surface area contributed by atoms with Gasteiger partial charge in [0.05, 0.1) is 26.8 Å². The van der Waals surface area contributed by atoms with E-state index >= 15 is 0 Å². The zero-order chi connectivity index (χ0) is 14.5. The first-order valence-corrected chi connectivity index (χ1v) is 6.21. The number of nitrogens with two attached hydrogens (primary N) is 1. The molecule has 4 N–H and O–H groups in total. The molecule has 1 aliphatic rings. The van der Waals surface area contributed by atoms with Crippen LogP contribution in [0.3, 0.4) is 0 Å². The lowest BCUT2D eigenvalue weighted by molar-refractivity contribution is -0.115. The quantitative estimate of drug-likeness (QED) is 0.681. The number of carbonyl (C=O) groups excluding carboxylic acids is 1. The van der Waals surface area contributed by atoms with E-state index in [0.717, 1.165) is 5.56 Å². The molecule has 1 aromatic rings. The van der Waals surface area contributed by atoms with Gasteiger partial charge in [-0.2, -0.15) is 5.10 Å². The number of hydrogen-bond donors (Lipinski definition) is 3. The first kappa shape index (κ1) is 14.1. The predicted molar refractivity (Wildman–Crippen MR) is 74.8 cm³/mol. The van der Waals surface area contributed by atoms with Gasteiger partial charge in [0, 0.05) is 18.2 Å². The lowest BCUT2D eigenvalue weighted by atomic mass is 10.1. The fourth-order valence-electron chi connectivity index (χ4n) is 1.89. The summed E-state index contributed by atoms with van der Waals surface area (Å²) in [5, 5.41) is 6.65. The summed E-state index contributed by atoms with van der Waals surface area (Å²) in [4.78, 5) is 11.9. The van der Waals surface area contributed by atoms with Gasteiger partial charge in [-0.15, -0.1) is 0 Å². The van der Waals surface area contributed by atoms with Crippen LogP contribution in [0.5, 0.6) is 11.5 Å². The number of amides is 1. The molecule has 20 heavy (non-hydrogen) atoms. The van der Waals surface area contributed by atoms with E-state index < -0.39 is 0 Å². The molecular formula is C13H18N4O3. The van der Waals surface area contributed by atoms with Crippen LogP contribution in [-0.4, -0.2) is 38.4 Å². The Balaban J connectivity index is 2.02. The second-order valence-corrected chi connectivity index (χ2v) is 4.33. The minimum Gasteiger partial charge on any atom is -0.497 e. The Hall–Kier alpha value is -2.28. The highest BCUT2D eigenvalue weighted by Gasteiger charge is 2.23. The zero-order valence-corrected chi connectivity index (χ0v) is 11.5. The van der Waals surface area contributed by atoms with Crippen LogP contribution in [-0.2, 0) is 11.3 Å². The number of hydrazone groups is 1. The molecule has 0 aromatic heterocycles. The molecule has 2 rings (SSSR count). The number of nitrogens with zero attached hydrogens (tertiary/aromatic N) is 1. The summed E-state index contributed by atoms with van der Waals surface area (Å²) >= 11 is 0. The maximum Gasteiger partial charge on any atom is 0.269 e. The minimum absolute atomic E-state index is 0.277. The Morgan fingerprint density at radius 1 is 1.50 bits per heavy atom. The third-order valence-corrected chi connectivity index (χ3v) is 3.03. The van der Waals surface area contributed by atoms with Gasteiger partial charge < -0.3 is 25.9 Å². The Kier molecular flexibility index (Phi) is 4.41. The fraction of sp³-hybridized carbons (Fsp3) is 0.385. The van der Waals surface area contributed by atoms with E-state index in [-0.39, 0.29) is 11.9 Å². The lowest BCUT2D eigenvalue weighted by Gasteiger charge is -2.12. The van der Waals surface area contributed by atoms with Gasteiger partial charge in [0.15, 0.2) is 0 Å². The van der Waals surface area contributed by atoms with E-state index in [2.05, 4.69) is 15.8 Å². The topological polar surface area (TPSA) is 98.0 Å². The SMILES string of the molecule is COc1ccc(CNC(=O)C2=NNCC2N)c(OC)c1. The number of hydrogen-bond acceptors (Lipinski definition) is 6. The Morgan fingerprint density at radius 2 is 2.30 bits per heavy atom. The molecule has 7 heteroatoms. The molecule has 1 heterocycles. The van der Waals surface area contributed by atoms with Crippen molar-refractivity contribution in [1.82, 2.24) is 10.7 Å². The highest BCUT2D eigenvalue weighted by Crippen LogP contribution is 2.24. The predicted octanol–water partition coefficient (Wildman–Crippen LogP) is -0.393. The molecule has 0 saturated heterocycles. The molecule has 0 bridgehead atoms. The van der Waals surface area contributed by atoms with Crippen LogP contribution >= 0.6 is 0 Å². The van der Waals surface area contributed by atoms with Gasteiger partial charge in [-0.3, -0.25) is 4.79 Å². The summed E-state index contributed by atoms with van der Waals surface area (Å²) in [5.74, 6) is 1.07. The Labute approximate surface area is 117 Å². The minimum atomic E-state index is -0.368. The number of rotatable bonds is 5. The van der Waals surface area contributed by atoms with Crippen molar-refractivity contribution in [3.8, 4) is 11.5 Å². The molecule has 0 fully saturated rings. The van der Waals surface area contributed by atoms with Crippen molar-refractivity contribution < 1.29 is 14.3 Å². The van der Waals surface area contributed by atoms with Crippen LogP contribution in [0.25, 0.3) is 0 Å². The molecule has 1 amide bonds. The summed E-state index contributed by atoms with van der Waals surface area (Å²) in [6, 6.07) is 5.05. The molecule has 1 aliphatic heterocycles. The van der Waals surface area contributed by atoms with Crippen LogP contribution in [0.1, 0.15) is 5.56 Å². The number of benzene rings is 1. The zero-order valence-electron chi connectivity index (χ0n) is 11.5. The summed E-state index contributed by atoms with van der Waals surface area (Å²) < 4.78 is 10.4. The first-order valence-electron chi connectivity index (χ1n) is 6.21.